The number of hydrogen-bond donors (Lipinski definition) is 3. The minimum Gasteiger partial charge on any atom is -0.480 e. The Morgan fingerprint density at radius 2 is 2.11 bits per heavy atom. The highest BCUT2D eigenvalue weighted by Crippen LogP contribution is 2.18. The third kappa shape index (κ3) is 4.13. The van der Waals surface area contributed by atoms with Crippen LogP contribution < -0.4 is 11.1 Å². The summed E-state index contributed by atoms with van der Waals surface area (Å²) in [4.78, 5) is 10.6. The maximum atomic E-state index is 10.6. The summed E-state index contributed by atoms with van der Waals surface area (Å²) < 4.78 is 0. The number of carbonyl (C=O) groups is 1. The number of aliphatic carboxylic acids is 1. The first-order valence-electron chi connectivity index (χ1n) is 6.20. The molecule has 4 heteroatoms. The van der Waals surface area contributed by atoms with E-state index < -0.39 is 12.0 Å². The molecular formula is C14H22N2O2. The molecule has 0 aliphatic carbocycles. The minimum atomic E-state index is -0.977. The first kappa shape index (κ1) is 14.7. The van der Waals surface area contributed by atoms with E-state index in [1.54, 1.807) is 0 Å². The molecule has 18 heavy (non-hydrogen) atoms. The quantitative estimate of drug-likeness (QED) is 0.717. The van der Waals surface area contributed by atoms with Crippen molar-refractivity contribution in [3.63, 3.8) is 0 Å². The maximum absolute atomic E-state index is 10.6. The molecule has 1 rings (SSSR count). The van der Waals surface area contributed by atoms with Gasteiger partial charge >= 0.3 is 5.97 Å². The summed E-state index contributed by atoms with van der Waals surface area (Å²) in [5, 5.41) is 11.8. The lowest BCUT2D eigenvalue weighted by Crippen LogP contribution is -2.40. The molecule has 1 aromatic rings. The van der Waals surface area contributed by atoms with Crippen LogP contribution in [-0.2, 0) is 11.3 Å². The molecule has 0 aromatic heterocycles. The zero-order valence-corrected chi connectivity index (χ0v) is 11.2. The topological polar surface area (TPSA) is 75.3 Å². The van der Waals surface area contributed by atoms with Crippen molar-refractivity contribution in [1.29, 1.82) is 0 Å². The number of carboxylic acid groups (broad SMARTS) is 1. The molecule has 4 nitrogen and oxygen atoms in total. The van der Waals surface area contributed by atoms with Gasteiger partial charge in [0.25, 0.3) is 0 Å². The Morgan fingerprint density at radius 3 is 2.67 bits per heavy atom. The number of rotatable bonds is 6. The van der Waals surface area contributed by atoms with Crippen molar-refractivity contribution >= 4 is 5.97 Å². The van der Waals surface area contributed by atoms with E-state index >= 15 is 0 Å². The number of carboxylic acids is 1. The highest BCUT2D eigenvalue weighted by molar-refractivity contribution is 5.73. The van der Waals surface area contributed by atoms with Gasteiger partial charge in [0.05, 0.1) is 0 Å². The second kappa shape index (κ2) is 6.52. The molecule has 0 heterocycles. The van der Waals surface area contributed by atoms with Gasteiger partial charge in [-0.1, -0.05) is 32.0 Å². The van der Waals surface area contributed by atoms with E-state index in [1.165, 1.54) is 16.7 Å². The summed E-state index contributed by atoms with van der Waals surface area (Å²) in [5.41, 5.74) is 9.12. The molecule has 0 bridgehead atoms. The summed E-state index contributed by atoms with van der Waals surface area (Å²) in [6.45, 7) is 7.29. The molecule has 0 aliphatic rings. The van der Waals surface area contributed by atoms with Crippen molar-refractivity contribution < 1.29 is 9.90 Å². The standard InChI is InChI=1S/C14H22N2O2/c1-9(2)11-5-4-10(3)12(6-11)7-16-8-13(15)14(17)18/h4-6,9,13,16H,7-8,15H2,1-3H3,(H,17,18). The van der Waals surface area contributed by atoms with Crippen molar-refractivity contribution in [3.8, 4) is 0 Å². The predicted molar refractivity (Wildman–Crippen MR) is 72.6 cm³/mol. The van der Waals surface area contributed by atoms with E-state index in [0.29, 0.717) is 12.5 Å². The van der Waals surface area contributed by atoms with Gasteiger partial charge in [0.1, 0.15) is 6.04 Å². The van der Waals surface area contributed by atoms with Crippen LogP contribution in [0.1, 0.15) is 36.5 Å². The van der Waals surface area contributed by atoms with Crippen molar-refractivity contribution in [1.82, 2.24) is 5.32 Å². The minimum absolute atomic E-state index is 0.278. The molecule has 0 amide bonds. The van der Waals surface area contributed by atoms with Crippen molar-refractivity contribution in [2.45, 2.75) is 39.3 Å². The number of benzene rings is 1. The van der Waals surface area contributed by atoms with Crippen LogP contribution in [0.15, 0.2) is 18.2 Å². The van der Waals surface area contributed by atoms with Crippen LogP contribution in [0, 0.1) is 6.92 Å². The van der Waals surface area contributed by atoms with E-state index in [2.05, 4.69) is 44.3 Å². The van der Waals surface area contributed by atoms with Gasteiger partial charge in [-0.15, -0.1) is 0 Å². The van der Waals surface area contributed by atoms with Gasteiger partial charge < -0.3 is 16.2 Å². The Hall–Kier alpha value is -1.39. The first-order valence-corrected chi connectivity index (χ1v) is 6.20. The van der Waals surface area contributed by atoms with Crippen molar-refractivity contribution in [2.75, 3.05) is 6.54 Å². The van der Waals surface area contributed by atoms with Crippen molar-refractivity contribution in [3.05, 3.63) is 34.9 Å². The molecule has 0 aliphatic heterocycles. The average Bonchev–Trinajstić information content (AvgIpc) is 2.30. The number of hydrogen-bond acceptors (Lipinski definition) is 3. The van der Waals surface area contributed by atoms with E-state index in [9.17, 15) is 4.79 Å². The Labute approximate surface area is 108 Å². The average molecular weight is 250 g/mol. The van der Waals surface area contributed by atoms with Crippen LogP contribution in [0.25, 0.3) is 0 Å². The van der Waals surface area contributed by atoms with Crippen LogP contribution in [0.3, 0.4) is 0 Å². The summed E-state index contributed by atoms with van der Waals surface area (Å²) in [7, 11) is 0. The van der Waals surface area contributed by atoms with Gasteiger partial charge in [-0.2, -0.15) is 0 Å². The second-order valence-electron chi connectivity index (χ2n) is 4.92. The Morgan fingerprint density at radius 1 is 1.44 bits per heavy atom. The van der Waals surface area contributed by atoms with Gasteiger partial charge in [-0.3, -0.25) is 4.79 Å². The Bertz CT molecular complexity index is 416. The lowest BCUT2D eigenvalue weighted by atomic mass is 9.98. The van der Waals surface area contributed by atoms with Crippen LogP contribution in [0.2, 0.25) is 0 Å². The predicted octanol–water partition coefficient (Wildman–Crippen LogP) is 1.62. The highest BCUT2D eigenvalue weighted by atomic mass is 16.4. The van der Waals surface area contributed by atoms with E-state index in [0.717, 1.165) is 0 Å². The smallest absolute Gasteiger partial charge is 0.321 e. The van der Waals surface area contributed by atoms with Crippen LogP contribution in [0.4, 0.5) is 0 Å². The van der Waals surface area contributed by atoms with Crippen molar-refractivity contribution in [2.24, 2.45) is 5.73 Å². The van der Waals surface area contributed by atoms with Crippen LogP contribution in [0.5, 0.6) is 0 Å². The van der Waals surface area contributed by atoms with E-state index in [-0.39, 0.29) is 6.54 Å². The fourth-order valence-electron chi connectivity index (χ4n) is 1.69. The molecule has 0 fully saturated rings. The third-order valence-electron chi connectivity index (χ3n) is 3.04. The number of nitrogens with two attached hydrogens (primary N) is 1. The second-order valence-corrected chi connectivity index (χ2v) is 4.92. The summed E-state index contributed by atoms with van der Waals surface area (Å²) in [5.74, 6) is -0.485. The molecule has 1 aromatic carbocycles. The number of nitrogens with one attached hydrogen (secondary N) is 1. The molecular weight excluding hydrogens is 228 g/mol. The molecule has 0 saturated carbocycles. The molecule has 4 N–H and O–H groups in total. The monoisotopic (exact) mass is 250 g/mol. The normalized spacial score (nSPS) is 12.7. The zero-order chi connectivity index (χ0) is 13.7. The van der Waals surface area contributed by atoms with Gasteiger partial charge in [0, 0.05) is 13.1 Å². The van der Waals surface area contributed by atoms with Crippen LogP contribution >= 0.6 is 0 Å². The van der Waals surface area contributed by atoms with Crippen LogP contribution in [-0.4, -0.2) is 23.7 Å². The van der Waals surface area contributed by atoms with E-state index in [4.69, 9.17) is 10.8 Å². The van der Waals surface area contributed by atoms with Gasteiger partial charge in [0.2, 0.25) is 0 Å². The number of aryl methyl sites for hydroxylation is 1. The lowest BCUT2D eigenvalue weighted by molar-refractivity contribution is -0.138. The molecule has 1 unspecified atom stereocenters. The lowest BCUT2D eigenvalue weighted by Gasteiger charge is -2.13. The molecule has 1 atom stereocenters. The fourth-order valence-corrected chi connectivity index (χ4v) is 1.69. The van der Waals surface area contributed by atoms with Gasteiger partial charge in [-0.05, 0) is 29.5 Å². The largest absolute Gasteiger partial charge is 0.480 e. The first-order chi connectivity index (χ1) is 8.41. The molecule has 0 spiro atoms. The fraction of sp³-hybridized carbons (Fsp3) is 0.500. The van der Waals surface area contributed by atoms with Gasteiger partial charge in [-0.25, -0.2) is 0 Å². The van der Waals surface area contributed by atoms with Gasteiger partial charge in [0.15, 0.2) is 0 Å². The van der Waals surface area contributed by atoms with E-state index in [1.807, 2.05) is 0 Å². The maximum Gasteiger partial charge on any atom is 0.321 e. The SMILES string of the molecule is Cc1ccc(C(C)C)cc1CNCC(N)C(=O)O. The Kier molecular flexibility index (Phi) is 5.31. The summed E-state index contributed by atoms with van der Waals surface area (Å²) in [6, 6.07) is 5.55. The highest BCUT2D eigenvalue weighted by Gasteiger charge is 2.10. The third-order valence-corrected chi connectivity index (χ3v) is 3.04. The summed E-state index contributed by atoms with van der Waals surface area (Å²) >= 11 is 0. The molecule has 0 radical (unpaired) electrons. The molecule has 100 valence electrons. The summed E-state index contributed by atoms with van der Waals surface area (Å²) in [6.07, 6.45) is 0. The molecule has 0 saturated heterocycles. The Balaban J connectivity index is 2.61. The zero-order valence-electron chi connectivity index (χ0n) is 11.2.